The van der Waals surface area contributed by atoms with Gasteiger partial charge in [-0.15, -0.1) is 0 Å². The Morgan fingerprint density at radius 2 is 2.24 bits per heavy atom. The van der Waals surface area contributed by atoms with Crippen LogP contribution in [0.1, 0.15) is 24.7 Å². The van der Waals surface area contributed by atoms with E-state index < -0.39 is 0 Å². The largest absolute Gasteiger partial charge is 0.494 e. The molecule has 0 aliphatic rings. The summed E-state index contributed by atoms with van der Waals surface area (Å²) in [7, 11) is 0. The van der Waals surface area contributed by atoms with Crippen molar-refractivity contribution in [2.45, 2.75) is 20.3 Å². The lowest BCUT2D eigenvalue weighted by molar-refractivity contribution is -0.111. The van der Waals surface area contributed by atoms with E-state index in [4.69, 9.17) is 9.15 Å². The number of hydrogen-bond acceptors (Lipinski definition) is 3. The normalized spacial score (nSPS) is 10.8. The van der Waals surface area contributed by atoms with E-state index in [0.717, 1.165) is 23.4 Å². The van der Waals surface area contributed by atoms with Crippen molar-refractivity contribution in [3.8, 4) is 5.75 Å². The molecule has 2 aromatic rings. The second-order valence-electron chi connectivity index (χ2n) is 4.66. The topological polar surface area (TPSA) is 51.5 Å². The first-order valence-electron chi connectivity index (χ1n) is 6.95. The van der Waals surface area contributed by atoms with Crippen LogP contribution in [0.5, 0.6) is 5.75 Å². The van der Waals surface area contributed by atoms with E-state index >= 15 is 0 Å². The standard InChI is InChI=1S/C17H19NO3/c1-3-10-20-15-6-8-16(13(2)12-15)18-17(19)9-7-14-5-4-11-21-14/h4-9,11-12H,3,10H2,1-2H3,(H,18,19). The van der Waals surface area contributed by atoms with E-state index in [1.54, 1.807) is 24.5 Å². The first kappa shape index (κ1) is 14.9. The Hall–Kier alpha value is -2.49. The molecule has 21 heavy (non-hydrogen) atoms. The molecular formula is C17H19NO3. The van der Waals surface area contributed by atoms with Crippen LogP contribution >= 0.6 is 0 Å². The number of anilines is 1. The quantitative estimate of drug-likeness (QED) is 0.815. The number of benzene rings is 1. The second kappa shape index (κ2) is 7.33. The molecule has 1 aromatic carbocycles. The molecule has 0 saturated heterocycles. The molecule has 0 aliphatic heterocycles. The summed E-state index contributed by atoms with van der Waals surface area (Å²) in [6.45, 7) is 4.69. The molecule has 0 saturated carbocycles. The van der Waals surface area contributed by atoms with Crippen LogP contribution in [0.3, 0.4) is 0 Å². The maximum Gasteiger partial charge on any atom is 0.248 e. The fourth-order valence-electron chi connectivity index (χ4n) is 1.80. The molecule has 1 heterocycles. The summed E-state index contributed by atoms with van der Waals surface area (Å²) in [6.07, 6.45) is 5.61. The van der Waals surface area contributed by atoms with Crippen molar-refractivity contribution in [2.75, 3.05) is 11.9 Å². The van der Waals surface area contributed by atoms with E-state index in [0.29, 0.717) is 12.4 Å². The van der Waals surface area contributed by atoms with Gasteiger partial charge in [-0.1, -0.05) is 6.92 Å². The molecule has 4 nitrogen and oxygen atoms in total. The number of carbonyl (C=O) groups is 1. The van der Waals surface area contributed by atoms with E-state index in [1.807, 2.05) is 25.1 Å². The van der Waals surface area contributed by atoms with Gasteiger partial charge in [-0.3, -0.25) is 4.79 Å². The molecule has 0 bridgehead atoms. The van der Waals surface area contributed by atoms with Gasteiger partial charge in [-0.25, -0.2) is 0 Å². The van der Waals surface area contributed by atoms with Crippen molar-refractivity contribution in [1.82, 2.24) is 0 Å². The predicted molar refractivity (Wildman–Crippen MR) is 83.3 cm³/mol. The maximum absolute atomic E-state index is 11.8. The summed E-state index contributed by atoms with van der Waals surface area (Å²) in [6, 6.07) is 9.18. The molecule has 4 heteroatoms. The van der Waals surface area contributed by atoms with Gasteiger partial charge >= 0.3 is 0 Å². The van der Waals surface area contributed by atoms with Crippen LogP contribution in [0.15, 0.2) is 47.1 Å². The minimum atomic E-state index is -0.197. The molecule has 0 spiro atoms. The van der Waals surface area contributed by atoms with Crippen LogP contribution in [0.4, 0.5) is 5.69 Å². The molecule has 110 valence electrons. The van der Waals surface area contributed by atoms with Crippen molar-refractivity contribution in [3.05, 3.63) is 54.0 Å². The summed E-state index contributed by atoms with van der Waals surface area (Å²) in [5.74, 6) is 1.26. The number of rotatable bonds is 6. The molecule has 0 aliphatic carbocycles. The van der Waals surface area contributed by atoms with Gasteiger partial charge in [0.2, 0.25) is 5.91 Å². The molecule has 0 atom stereocenters. The van der Waals surface area contributed by atoms with Gasteiger partial charge in [-0.05, 0) is 55.3 Å². The lowest BCUT2D eigenvalue weighted by atomic mass is 10.2. The molecule has 1 N–H and O–H groups in total. The van der Waals surface area contributed by atoms with E-state index in [-0.39, 0.29) is 5.91 Å². The third-order valence-corrected chi connectivity index (χ3v) is 2.87. The first-order chi connectivity index (χ1) is 10.2. The molecule has 0 radical (unpaired) electrons. The van der Waals surface area contributed by atoms with Crippen molar-refractivity contribution in [1.29, 1.82) is 0 Å². The highest BCUT2D eigenvalue weighted by Crippen LogP contribution is 2.21. The van der Waals surface area contributed by atoms with Crippen molar-refractivity contribution in [3.63, 3.8) is 0 Å². The molecule has 0 unspecified atom stereocenters. The smallest absolute Gasteiger partial charge is 0.248 e. The number of ether oxygens (including phenoxy) is 1. The SMILES string of the molecule is CCCOc1ccc(NC(=O)C=Cc2ccco2)c(C)c1. The predicted octanol–water partition coefficient (Wildman–Crippen LogP) is 4.03. The minimum absolute atomic E-state index is 0.197. The number of aryl methyl sites for hydroxylation is 1. The van der Waals surface area contributed by atoms with Crippen LogP contribution in [-0.2, 0) is 4.79 Å². The van der Waals surface area contributed by atoms with Crippen molar-refractivity contribution in [2.24, 2.45) is 0 Å². The van der Waals surface area contributed by atoms with Crippen molar-refractivity contribution >= 4 is 17.7 Å². The Balaban J connectivity index is 1.97. The van der Waals surface area contributed by atoms with Crippen LogP contribution in [0.25, 0.3) is 6.08 Å². The van der Waals surface area contributed by atoms with Crippen LogP contribution in [-0.4, -0.2) is 12.5 Å². The van der Waals surface area contributed by atoms with Gasteiger partial charge in [-0.2, -0.15) is 0 Å². The zero-order valence-corrected chi connectivity index (χ0v) is 12.3. The summed E-state index contributed by atoms with van der Waals surface area (Å²) >= 11 is 0. The average Bonchev–Trinajstić information content (AvgIpc) is 2.99. The third kappa shape index (κ3) is 4.53. The zero-order chi connectivity index (χ0) is 15.1. The maximum atomic E-state index is 11.8. The molecule has 0 fully saturated rings. The zero-order valence-electron chi connectivity index (χ0n) is 12.3. The monoisotopic (exact) mass is 285 g/mol. The van der Waals surface area contributed by atoms with Gasteiger partial charge in [0.15, 0.2) is 0 Å². The van der Waals surface area contributed by atoms with Gasteiger partial charge in [0, 0.05) is 11.8 Å². The Labute approximate surface area is 124 Å². The van der Waals surface area contributed by atoms with Gasteiger partial charge < -0.3 is 14.5 Å². The Kier molecular flexibility index (Phi) is 5.21. The highest BCUT2D eigenvalue weighted by Gasteiger charge is 2.04. The highest BCUT2D eigenvalue weighted by atomic mass is 16.5. The van der Waals surface area contributed by atoms with E-state index in [9.17, 15) is 4.79 Å². The average molecular weight is 285 g/mol. The fourth-order valence-corrected chi connectivity index (χ4v) is 1.80. The Bertz CT molecular complexity index is 615. The van der Waals surface area contributed by atoms with Gasteiger partial charge in [0.1, 0.15) is 11.5 Å². The third-order valence-electron chi connectivity index (χ3n) is 2.87. The Morgan fingerprint density at radius 3 is 2.90 bits per heavy atom. The Morgan fingerprint density at radius 1 is 1.38 bits per heavy atom. The first-order valence-corrected chi connectivity index (χ1v) is 6.95. The van der Waals surface area contributed by atoms with E-state index in [2.05, 4.69) is 12.2 Å². The molecule has 1 aromatic heterocycles. The number of furan rings is 1. The number of amides is 1. The summed E-state index contributed by atoms with van der Waals surface area (Å²) in [5.41, 5.74) is 1.73. The minimum Gasteiger partial charge on any atom is -0.494 e. The molecule has 2 rings (SSSR count). The lowest BCUT2D eigenvalue weighted by Crippen LogP contribution is -2.09. The number of nitrogens with one attached hydrogen (secondary N) is 1. The van der Waals surface area contributed by atoms with Crippen LogP contribution in [0.2, 0.25) is 0 Å². The van der Waals surface area contributed by atoms with Crippen LogP contribution in [0, 0.1) is 6.92 Å². The van der Waals surface area contributed by atoms with E-state index in [1.165, 1.54) is 6.08 Å². The number of hydrogen-bond donors (Lipinski definition) is 1. The number of carbonyl (C=O) groups excluding carboxylic acids is 1. The molecular weight excluding hydrogens is 266 g/mol. The highest BCUT2D eigenvalue weighted by molar-refractivity contribution is 6.02. The lowest BCUT2D eigenvalue weighted by Gasteiger charge is -2.10. The second-order valence-corrected chi connectivity index (χ2v) is 4.66. The fraction of sp³-hybridized carbons (Fsp3) is 0.235. The van der Waals surface area contributed by atoms with Crippen LogP contribution < -0.4 is 10.1 Å². The summed E-state index contributed by atoms with van der Waals surface area (Å²) < 4.78 is 10.7. The van der Waals surface area contributed by atoms with Gasteiger partial charge in [0.05, 0.1) is 12.9 Å². The summed E-state index contributed by atoms with van der Waals surface area (Å²) in [5, 5.41) is 2.83. The summed E-state index contributed by atoms with van der Waals surface area (Å²) in [4.78, 5) is 11.8. The molecule has 1 amide bonds. The van der Waals surface area contributed by atoms with Gasteiger partial charge in [0.25, 0.3) is 0 Å². The van der Waals surface area contributed by atoms with Crippen molar-refractivity contribution < 1.29 is 13.9 Å².